The fourth-order valence-corrected chi connectivity index (χ4v) is 5.24. The van der Waals surface area contributed by atoms with Gasteiger partial charge >= 0.3 is 0 Å². The van der Waals surface area contributed by atoms with E-state index in [1.54, 1.807) is 30.0 Å². The molecule has 0 aromatic heterocycles. The Morgan fingerprint density at radius 2 is 1.75 bits per heavy atom. The molecule has 4 rings (SSSR count). The number of methoxy groups -OCH3 is 1. The van der Waals surface area contributed by atoms with E-state index in [2.05, 4.69) is 4.72 Å². The summed E-state index contributed by atoms with van der Waals surface area (Å²) in [5.41, 5.74) is 1.00. The highest BCUT2D eigenvalue weighted by Gasteiger charge is 2.26. The van der Waals surface area contributed by atoms with E-state index in [9.17, 15) is 13.2 Å². The first-order valence-corrected chi connectivity index (χ1v) is 12.3. The minimum absolute atomic E-state index is 0.0167. The molecule has 2 aromatic rings. The van der Waals surface area contributed by atoms with Gasteiger partial charge in [-0.2, -0.15) is 0 Å². The Bertz CT molecular complexity index is 1100. The van der Waals surface area contributed by atoms with Crippen LogP contribution in [0.2, 0.25) is 0 Å². The van der Waals surface area contributed by atoms with Gasteiger partial charge in [0.2, 0.25) is 10.0 Å². The van der Waals surface area contributed by atoms with Crippen molar-refractivity contribution in [2.75, 3.05) is 33.4 Å². The van der Waals surface area contributed by atoms with Crippen molar-refractivity contribution < 1.29 is 27.4 Å². The molecule has 0 radical (unpaired) electrons. The van der Waals surface area contributed by atoms with E-state index in [1.165, 1.54) is 25.3 Å². The maximum absolute atomic E-state index is 13.1. The number of rotatable bonds is 6. The molecule has 0 spiro atoms. The van der Waals surface area contributed by atoms with Crippen LogP contribution in [0.5, 0.6) is 17.2 Å². The molecule has 2 heterocycles. The van der Waals surface area contributed by atoms with Crippen molar-refractivity contribution in [1.82, 2.24) is 9.62 Å². The largest absolute Gasteiger partial charge is 0.496 e. The zero-order valence-electron chi connectivity index (χ0n) is 18.3. The lowest BCUT2D eigenvalue weighted by molar-refractivity contribution is 0.0720. The Balaban J connectivity index is 1.57. The van der Waals surface area contributed by atoms with Gasteiger partial charge in [0, 0.05) is 19.1 Å². The summed E-state index contributed by atoms with van der Waals surface area (Å²) in [5, 5.41) is 0. The van der Waals surface area contributed by atoms with Crippen molar-refractivity contribution in [2.24, 2.45) is 0 Å². The third-order valence-electron chi connectivity index (χ3n) is 5.75. The van der Waals surface area contributed by atoms with Crippen molar-refractivity contribution in [3.63, 3.8) is 0 Å². The zero-order valence-corrected chi connectivity index (χ0v) is 19.1. The van der Waals surface area contributed by atoms with Gasteiger partial charge in [0.1, 0.15) is 19.0 Å². The van der Waals surface area contributed by atoms with Crippen LogP contribution in [0, 0.1) is 0 Å². The molecule has 0 bridgehead atoms. The summed E-state index contributed by atoms with van der Waals surface area (Å²) in [5.74, 6) is 1.39. The Morgan fingerprint density at radius 3 is 2.47 bits per heavy atom. The molecule has 1 atom stereocenters. The van der Waals surface area contributed by atoms with Gasteiger partial charge in [-0.05, 0) is 62.1 Å². The monoisotopic (exact) mass is 460 g/mol. The van der Waals surface area contributed by atoms with Crippen LogP contribution >= 0.6 is 0 Å². The topological polar surface area (TPSA) is 94.2 Å². The van der Waals surface area contributed by atoms with E-state index in [1.807, 2.05) is 0 Å². The SMILES string of the molecule is COc1ccc(S(=O)(=O)NC(C)c2ccc3c(c2)OCCO3)cc1C(=O)N1CCCCC1. The Kier molecular flexibility index (Phi) is 6.57. The summed E-state index contributed by atoms with van der Waals surface area (Å²) in [4.78, 5) is 14.8. The normalized spacial score (nSPS) is 17.0. The molecule has 0 aliphatic carbocycles. The number of ether oxygens (including phenoxy) is 3. The summed E-state index contributed by atoms with van der Waals surface area (Å²) < 4.78 is 45.4. The average Bonchev–Trinajstić information content (AvgIpc) is 2.83. The minimum Gasteiger partial charge on any atom is -0.496 e. The van der Waals surface area contributed by atoms with Crippen LogP contribution in [0.25, 0.3) is 0 Å². The van der Waals surface area contributed by atoms with Gasteiger partial charge in [0.05, 0.1) is 17.6 Å². The maximum Gasteiger partial charge on any atom is 0.257 e. The highest BCUT2D eigenvalue weighted by Crippen LogP contribution is 2.33. The number of nitrogens with zero attached hydrogens (tertiary/aromatic N) is 1. The highest BCUT2D eigenvalue weighted by molar-refractivity contribution is 7.89. The molecule has 1 unspecified atom stereocenters. The van der Waals surface area contributed by atoms with Gasteiger partial charge in [-0.15, -0.1) is 0 Å². The lowest BCUT2D eigenvalue weighted by Gasteiger charge is -2.27. The van der Waals surface area contributed by atoms with E-state index < -0.39 is 16.1 Å². The number of amides is 1. The lowest BCUT2D eigenvalue weighted by Crippen LogP contribution is -2.36. The Labute approximate surface area is 188 Å². The molecule has 9 heteroatoms. The first-order chi connectivity index (χ1) is 15.4. The van der Waals surface area contributed by atoms with Gasteiger partial charge in [-0.3, -0.25) is 4.79 Å². The Hall–Kier alpha value is -2.78. The molecule has 1 N–H and O–H groups in total. The van der Waals surface area contributed by atoms with Crippen molar-refractivity contribution in [3.05, 3.63) is 47.5 Å². The molecular weight excluding hydrogens is 432 g/mol. The van der Waals surface area contributed by atoms with Crippen LogP contribution in [0.3, 0.4) is 0 Å². The standard InChI is InChI=1S/C23H28N2O6S/c1-16(17-6-8-21-22(14-17)31-13-12-30-21)24-32(27,28)18-7-9-20(29-2)19(15-18)23(26)25-10-4-3-5-11-25/h6-9,14-16,24H,3-5,10-13H2,1-2H3. The van der Waals surface area contributed by atoms with Crippen LogP contribution < -0.4 is 18.9 Å². The van der Waals surface area contributed by atoms with Crippen molar-refractivity contribution in [2.45, 2.75) is 37.1 Å². The summed E-state index contributed by atoms with van der Waals surface area (Å²) in [6.07, 6.45) is 2.98. The number of carbonyl (C=O) groups excluding carboxylic acids is 1. The maximum atomic E-state index is 13.1. The summed E-state index contributed by atoms with van der Waals surface area (Å²) in [6.45, 7) is 4.03. The van der Waals surface area contributed by atoms with E-state index in [-0.39, 0.29) is 16.4 Å². The van der Waals surface area contributed by atoms with Gasteiger partial charge < -0.3 is 19.1 Å². The second kappa shape index (κ2) is 9.38. The number of hydrogen-bond donors (Lipinski definition) is 1. The second-order valence-electron chi connectivity index (χ2n) is 7.96. The molecule has 1 saturated heterocycles. The molecule has 172 valence electrons. The van der Waals surface area contributed by atoms with Crippen LogP contribution in [0.1, 0.15) is 48.1 Å². The van der Waals surface area contributed by atoms with Crippen LogP contribution in [0.15, 0.2) is 41.3 Å². The number of hydrogen-bond acceptors (Lipinski definition) is 6. The molecule has 0 saturated carbocycles. The fraction of sp³-hybridized carbons (Fsp3) is 0.435. The quantitative estimate of drug-likeness (QED) is 0.712. The molecule has 1 amide bonds. The van der Waals surface area contributed by atoms with Crippen molar-refractivity contribution in [1.29, 1.82) is 0 Å². The first-order valence-electron chi connectivity index (χ1n) is 10.8. The molecule has 2 aliphatic heterocycles. The number of fused-ring (bicyclic) bond motifs is 1. The van der Waals surface area contributed by atoms with Gasteiger partial charge in [0.15, 0.2) is 11.5 Å². The number of benzene rings is 2. The fourth-order valence-electron chi connectivity index (χ4n) is 3.99. The van der Waals surface area contributed by atoms with Crippen molar-refractivity contribution in [3.8, 4) is 17.2 Å². The lowest BCUT2D eigenvalue weighted by atomic mass is 10.1. The number of likely N-dealkylation sites (tertiary alicyclic amines) is 1. The molecule has 32 heavy (non-hydrogen) atoms. The van der Waals surface area contributed by atoms with Gasteiger partial charge in [-0.25, -0.2) is 13.1 Å². The van der Waals surface area contributed by atoms with Crippen LogP contribution in [0.4, 0.5) is 0 Å². The van der Waals surface area contributed by atoms with Crippen molar-refractivity contribution >= 4 is 15.9 Å². The van der Waals surface area contributed by atoms with E-state index >= 15 is 0 Å². The molecule has 2 aromatic carbocycles. The second-order valence-corrected chi connectivity index (χ2v) is 9.68. The predicted octanol–water partition coefficient (Wildman–Crippen LogP) is 3.13. The minimum atomic E-state index is -3.89. The van der Waals surface area contributed by atoms with Crippen LogP contribution in [-0.4, -0.2) is 52.6 Å². The first kappa shape index (κ1) is 22.4. The summed E-state index contributed by atoms with van der Waals surface area (Å²) in [6, 6.07) is 9.22. The summed E-state index contributed by atoms with van der Waals surface area (Å²) >= 11 is 0. The molecular formula is C23H28N2O6S. The highest BCUT2D eigenvalue weighted by atomic mass is 32.2. The predicted molar refractivity (Wildman–Crippen MR) is 119 cm³/mol. The molecule has 1 fully saturated rings. The molecule has 8 nitrogen and oxygen atoms in total. The molecule has 2 aliphatic rings. The number of sulfonamides is 1. The number of carbonyl (C=O) groups is 1. The zero-order chi connectivity index (χ0) is 22.7. The van der Waals surface area contributed by atoms with Gasteiger partial charge in [0.25, 0.3) is 5.91 Å². The summed E-state index contributed by atoms with van der Waals surface area (Å²) in [7, 11) is -2.42. The number of nitrogens with one attached hydrogen (secondary N) is 1. The average molecular weight is 461 g/mol. The van der Waals surface area contributed by atoms with Crippen LogP contribution in [-0.2, 0) is 10.0 Å². The Morgan fingerprint density at radius 1 is 1.03 bits per heavy atom. The smallest absolute Gasteiger partial charge is 0.257 e. The van der Waals surface area contributed by atoms with E-state index in [0.29, 0.717) is 43.6 Å². The third kappa shape index (κ3) is 4.68. The van der Waals surface area contributed by atoms with E-state index in [0.717, 1.165) is 24.8 Å². The van der Waals surface area contributed by atoms with E-state index in [4.69, 9.17) is 14.2 Å². The van der Waals surface area contributed by atoms with Gasteiger partial charge in [-0.1, -0.05) is 6.07 Å². The third-order valence-corrected chi connectivity index (χ3v) is 7.29. The number of piperidine rings is 1.